The molecule has 262 valence electrons. The van der Waals surface area contributed by atoms with Crippen LogP contribution >= 0.6 is 46.3 Å². The number of β-lactam (4-membered cyclic amide) rings is 1. The summed E-state index contributed by atoms with van der Waals surface area (Å²) in [5.74, 6) is -1.75. The van der Waals surface area contributed by atoms with Crippen LogP contribution in [-0.2, 0) is 38.9 Å². The number of carbonyl (C=O) groups excluding carboxylic acids is 2. The van der Waals surface area contributed by atoms with E-state index < -0.39 is 35.0 Å². The first-order valence-corrected chi connectivity index (χ1v) is 18.0. The molecule has 20 heteroatoms. The summed E-state index contributed by atoms with van der Waals surface area (Å²) in [6, 6.07) is 4.03. The number of rotatable bonds is 11. The molecule has 15 nitrogen and oxygen atoms in total. The number of amides is 2. The minimum atomic E-state index is -1.26. The predicted molar refractivity (Wildman–Crippen MR) is 186 cm³/mol. The largest absolute Gasteiger partial charge is 0.477 e. The van der Waals surface area contributed by atoms with Crippen molar-refractivity contribution in [2.24, 2.45) is 15.9 Å². The molecule has 2 atom stereocenters. The lowest BCUT2D eigenvalue weighted by Gasteiger charge is -2.49. The Morgan fingerprint density at radius 3 is 2.72 bits per heavy atom. The molecule has 2 aromatic heterocycles. The number of nitrogens with zero attached hydrogens (tertiary/aromatic N) is 7. The first-order valence-electron chi connectivity index (χ1n) is 15.3. The molecule has 2 fully saturated rings. The van der Waals surface area contributed by atoms with E-state index in [0.29, 0.717) is 29.8 Å². The van der Waals surface area contributed by atoms with Crippen molar-refractivity contribution >= 4 is 86.6 Å². The van der Waals surface area contributed by atoms with E-state index in [2.05, 4.69) is 20.4 Å². The zero-order valence-corrected chi connectivity index (χ0v) is 29.5. The number of anilines is 2. The van der Waals surface area contributed by atoms with Crippen molar-refractivity contribution < 1.29 is 33.4 Å². The Morgan fingerprint density at radius 1 is 1.28 bits per heavy atom. The molecule has 1 aromatic carbocycles. The number of nitrogens with two attached hydrogens (primary N) is 2. The van der Waals surface area contributed by atoms with Crippen molar-refractivity contribution in [1.82, 2.24) is 19.9 Å². The number of hydrogen-bond acceptors (Lipinski definition) is 11. The van der Waals surface area contributed by atoms with Gasteiger partial charge in [-0.3, -0.25) is 19.5 Å². The highest BCUT2D eigenvalue weighted by atomic mass is 35.5. The SMILES string of the molecule is CO/N=C(\C(=O)N[C@@H]1C(=O)N2C(C(=O)O)=C(C[n+]3ccc4n3CCN4Cc3c(F)cc(C(N)=NC4CC4)cc3Cl)CS[C@H]12)c1nc(N)sc1Cl. The average Bonchev–Trinajstić information content (AvgIpc) is 3.51. The van der Waals surface area contributed by atoms with Gasteiger partial charge in [0, 0.05) is 40.6 Å². The van der Waals surface area contributed by atoms with Crippen molar-refractivity contribution in [1.29, 1.82) is 0 Å². The van der Waals surface area contributed by atoms with E-state index in [1.165, 1.54) is 29.8 Å². The molecule has 1 saturated heterocycles. The number of thioether (sulfide) groups is 1. The van der Waals surface area contributed by atoms with Crippen LogP contribution in [-0.4, -0.2) is 85.9 Å². The predicted octanol–water partition coefficient (Wildman–Crippen LogP) is 1.94. The van der Waals surface area contributed by atoms with Gasteiger partial charge in [-0.05, 0) is 25.0 Å². The van der Waals surface area contributed by atoms with E-state index in [4.69, 9.17) is 39.5 Å². The number of aliphatic carboxylic acids is 1. The highest BCUT2D eigenvalue weighted by Crippen LogP contribution is 2.41. The second-order valence-corrected chi connectivity index (χ2v) is 15.0. The van der Waals surface area contributed by atoms with Gasteiger partial charge in [0.15, 0.2) is 29.4 Å². The number of oxime groups is 1. The van der Waals surface area contributed by atoms with Crippen LogP contribution in [0.3, 0.4) is 0 Å². The lowest BCUT2D eigenvalue weighted by atomic mass is 10.0. The second kappa shape index (κ2) is 13.4. The van der Waals surface area contributed by atoms with Crippen LogP contribution in [0.25, 0.3) is 0 Å². The maximum atomic E-state index is 15.3. The molecule has 3 aromatic rings. The summed E-state index contributed by atoms with van der Waals surface area (Å²) in [7, 11) is 1.24. The van der Waals surface area contributed by atoms with Crippen LogP contribution in [0.4, 0.5) is 15.3 Å². The van der Waals surface area contributed by atoms with Gasteiger partial charge in [0.05, 0.1) is 18.7 Å². The van der Waals surface area contributed by atoms with Gasteiger partial charge in [0.25, 0.3) is 11.8 Å². The fourth-order valence-electron chi connectivity index (χ4n) is 6.11. The van der Waals surface area contributed by atoms with Crippen LogP contribution in [0.5, 0.6) is 0 Å². The van der Waals surface area contributed by atoms with Crippen molar-refractivity contribution in [3.8, 4) is 0 Å². The fraction of sp³-hybridized carbons (Fsp3) is 0.367. The van der Waals surface area contributed by atoms with Crippen LogP contribution in [0.1, 0.15) is 29.7 Å². The third-order valence-corrected chi connectivity index (χ3v) is 11.4. The molecule has 0 bridgehead atoms. The smallest absolute Gasteiger partial charge is 0.352 e. The number of thiazole rings is 1. The summed E-state index contributed by atoms with van der Waals surface area (Å²) in [6.07, 6.45) is 3.76. The zero-order valence-electron chi connectivity index (χ0n) is 26.3. The molecule has 50 heavy (non-hydrogen) atoms. The topological polar surface area (TPSA) is 198 Å². The molecule has 2 amide bonds. The number of carboxylic acid groups (broad SMARTS) is 1. The van der Waals surface area contributed by atoms with Gasteiger partial charge in [0.2, 0.25) is 0 Å². The molecule has 6 N–H and O–H groups in total. The summed E-state index contributed by atoms with van der Waals surface area (Å²) < 4.78 is 19.2. The number of aromatic nitrogens is 3. The summed E-state index contributed by atoms with van der Waals surface area (Å²) in [4.78, 5) is 55.4. The van der Waals surface area contributed by atoms with Crippen molar-refractivity contribution in [2.75, 3.05) is 30.0 Å². The number of carboxylic acids is 1. The number of amidine groups is 1. The van der Waals surface area contributed by atoms with Crippen LogP contribution in [0.15, 0.2) is 45.8 Å². The molecule has 4 aliphatic rings. The van der Waals surface area contributed by atoms with Crippen LogP contribution in [0.2, 0.25) is 9.36 Å². The zero-order chi connectivity index (χ0) is 35.4. The third kappa shape index (κ3) is 6.24. The summed E-state index contributed by atoms with van der Waals surface area (Å²) in [6.45, 7) is 1.53. The average molecular weight is 765 g/mol. The van der Waals surface area contributed by atoms with E-state index in [0.717, 1.165) is 30.0 Å². The maximum absolute atomic E-state index is 15.3. The molecular formula is C30H30Cl2FN10O5S2+. The number of hydrogen-bond donors (Lipinski definition) is 4. The maximum Gasteiger partial charge on any atom is 0.352 e. The Labute approximate surface area is 302 Å². The van der Waals surface area contributed by atoms with E-state index in [-0.39, 0.29) is 62.3 Å². The number of nitrogen functional groups attached to an aromatic ring is 1. The van der Waals surface area contributed by atoms with Crippen LogP contribution in [0, 0.1) is 5.82 Å². The number of carbonyl (C=O) groups is 3. The molecule has 1 saturated carbocycles. The quantitative estimate of drug-likeness (QED) is 0.0737. The van der Waals surface area contributed by atoms with Crippen molar-refractivity contribution in [2.45, 2.75) is 49.9 Å². The lowest BCUT2D eigenvalue weighted by Crippen LogP contribution is -2.71. The Bertz CT molecular complexity index is 2010. The molecule has 1 aliphatic carbocycles. The molecule has 7 rings (SSSR count). The second-order valence-electron chi connectivity index (χ2n) is 11.9. The van der Waals surface area contributed by atoms with Gasteiger partial charge in [-0.25, -0.2) is 14.2 Å². The molecular weight excluding hydrogens is 734 g/mol. The molecule has 0 radical (unpaired) electrons. The lowest BCUT2D eigenvalue weighted by molar-refractivity contribution is -0.766. The minimum Gasteiger partial charge on any atom is -0.477 e. The summed E-state index contributed by atoms with van der Waals surface area (Å²) in [5.41, 5.74) is 12.7. The first-order chi connectivity index (χ1) is 23.9. The highest BCUT2D eigenvalue weighted by Gasteiger charge is 2.55. The van der Waals surface area contributed by atoms with Gasteiger partial charge in [-0.2, -0.15) is 0 Å². The van der Waals surface area contributed by atoms with Gasteiger partial charge in [-0.1, -0.05) is 39.7 Å². The highest BCUT2D eigenvalue weighted by molar-refractivity contribution is 8.00. The Hall–Kier alpha value is -4.39. The van der Waals surface area contributed by atoms with Gasteiger partial charge in [-0.15, -0.1) is 21.1 Å². The number of aliphatic imine (C=N–C) groups is 1. The van der Waals surface area contributed by atoms with Gasteiger partial charge >= 0.3 is 5.97 Å². The molecule has 3 aliphatic heterocycles. The van der Waals surface area contributed by atoms with E-state index in [1.807, 2.05) is 26.5 Å². The van der Waals surface area contributed by atoms with Gasteiger partial charge < -0.3 is 31.6 Å². The third-order valence-electron chi connectivity index (χ3n) is 8.64. The monoisotopic (exact) mass is 763 g/mol. The molecule has 0 unspecified atom stereocenters. The summed E-state index contributed by atoms with van der Waals surface area (Å²) in [5, 5.41) is 16.3. The van der Waals surface area contributed by atoms with E-state index >= 15 is 4.39 Å². The first kappa shape index (κ1) is 34.1. The Kier molecular flexibility index (Phi) is 9.12. The van der Waals surface area contributed by atoms with Crippen molar-refractivity contribution in [3.63, 3.8) is 0 Å². The van der Waals surface area contributed by atoms with E-state index in [1.54, 1.807) is 6.07 Å². The van der Waals surface area contributed by atoms with E-state index in [9.17, 15) is 19.5 Å². The number of nitrogens with one attached hydrogen (secondary N) is 1. The molecule has 0 spiro atoms. The van der Waals surface area contributed by atoms with Crippen LogP contribution < -0.4 is 26.4 Å². The Morgan fingerprint density at radius 2 is 2.06 bits per heavy atom. The number of fused-ring (bicyclic) bond motifs is 2. The molecule has 5 heterocycles. The van der Waals surface area contributed by atoms with Gasteiger partial charge in [0.1, 0.15) is 45.9 Å². The summed E-state index contributed by atoms with van der Waals surface area (Å²) >= 11 is 15.0. The normalized spacial score (nSPS) is 20.5. The van der Waals surface area contributed by atoms with Crippen molar-refractivity contribution in [3.05, 3.63) is 67.7 Å². The minimum absolute atomic E-state index is 0.00242. The standard InChI is InChI=1S/C30H29Cl2FN10O5S2/c1-48-39-21(20-24(32)50-30(35)38-20)26(44)37-22-27(45)43-23(29(46)47)14(12-49-28(22)43)10-41-5-4-19-40(6-7-42(19)41)11-16-17(31)8-13(9-18(16)33)25(34)36-15-2-3-15/h4-5,8-9,15,22,28H,2-3,6-7,10-12H2,1H3,(H5-,34,35,36,37,38,44,46,47)/p+1/b39-21-/t22-,28-/m1/s1. The number of benzene rings is 1. The fourth-order valence-corrected chi connectivity index (χ4v) is 8.65. The Balaban J connectivity index is 1.06. The number of halogens is 3.